The molecule has 1 saturated heterocycles. The van der Waals surface area contributed by atoms with Gasteiger partial charge in [0.15, 0.2) is 0 Å². The molecule has 3 rings (SSSR count). The van der Waals surface area contributed by atoms with Gasteiger partial charge in [-0.05, 0) is 38.5 Å². The second-order valence-corrected chi connectivity index (χ2v) is 7.05. The van der Waals surface area contributed by atoms with Gasteiger partial charge in [-0.1, -0.05) is 23.7 Å². The van der Waals surface area contributed by atoms with Crippen molar-refractivity contribution in [1.29, 1.82) is 0 Å². The van der Waals surface area contributed by atoms with Gasteiger partial charge in [0.1, 0.15) is 0 Å². The summed E-state index contributed by atoms with van der Waals surface area (Å²) in [5.41, 5.74) is 5.52. The second-order valence-electron chi connectivity index (χ2n) is 6.61. The van der Waals surface area contributed by atoms with Gasteiger partial charge in [-0.2, -0.15) is 0 Å². The van der Waals surface area contributed by atoms with Gasteiger partial charge in [-0.15, -0.1) is 0 Å². The maximum atomic E-state index is 6.08. The number of benzene rings is 1. The Bertz CT molecular complexity index is 709. The fraction of sp³-hybridized carbons (Fsp3) is 0.474. The van der Waals surface area contributed by atoms with E-state index < -0.39 is 0 Å². The molecule has 1 aromatic carbocycles. The molecule has 0 N–H and O–H groups in total. The first-order valence-corrected chi connectivity index (χ1v) is 8.89. The van der Waals surface area contributed by atoms with Gasteiger partial charge < -0.3 is 0 Å². The van der Waals surface area contributed by atoms with Gasteiger partial charge in [0, 0.05) is 44.3 Å². The van der Waals surface area contributed by atoms with Crippen LogP contribution in [0.25, 0.3) is 0 Å². The zero-order valence-corrected chi connectivity index (χ0v) is 15.5. The lowest BCUT2D eigenvalue weighted by Gasteiger charge is -2.34. The van der Waals surface area contributed by atoms with E-state index in [1.54, 1.807) is 0 Å². The van der Waals surface area contributed by atoms with Crippen LogP contribution < -0.4 is 0 Å². The van der Waals surface area contributed by atoms with Crippen LogP contribution in [-0.4, -0.2) is 45.9 Å². The molecule has 5 heteroatoms. The summed E-state index contributed by atoms with van der Waals surface area (Å²) < 4.78 is 0. The van der Waals surface area contributed by atoms with Crippen LogP contribution in [0, 0.1) is 20.8 Å². The fourth-order valence-corrected chi connectivity index (χ4v) is 3.33. The van der Waals surface area contributed by atoms with Crippen molar-refractivity contribution < 1.29 is 0 Å². The monoisotopic (exact) mass is 344 g/mol. The largest absolute Gasteiger partial charge is 0.297 e. The number of aryl methyl sites for hydroxylation is 3. The smallest absolute Gasteiger partial charge is 0.0759 e. The maximum Gasteiger partial charge on any atom is 0.0759 e. The number of piperazine rings is 1. The Morgan fingerprint density at radius 1 is 0.875 bits per heavy atom. The average molecular weight is 345 g/mol. The Morgan fingerprint density at radius 2 is 1.50 bits per heavy atom. The lowest BCUT2D eigenvalue weighted by Crippen LogP contribution is -2.45. The first-order valence-electron chi connectivity index (χ1n) is 8.51. The van der Waals surface area contributed by atoms with Gasteiger partial charge in [0.2, 0.25) is 0 Å². The molecule has 2 aromatic rings. The Hall–Kier alpha value is -1.49. The van der Waals surface area contributed by atoms with Crippen molar-refractivity contribution in [2.75, 3.05) is 26.2 Å². The van der Waals surface area contributed by atoms with Gasteiger partial charge >= 0.3 is 0 Å². The first-order chi connectivity index (χ1) is 11.5. The van der Waals surface area contributed by atoms with Crippen LogP contribution in [0.4, 0.5) is 0 Å². The van der Waals surface area contributed by atoms with E-state index >= 15 is 0 Å². The SMILES string of the molecule is Cc1nc(C)c(CN2CCN(Cc3cccc(Cl)c3)CC2)nc1C. The van der Waals surface area contributed by atoms with Crippen molar-refractivity contribution in [2.24, 2.45) is 0 Å². The van der Waals surface area contributed by atoms with Crippen molar-refractivity contribution in [3.05, 3.63) is 57.6 Å². The van der Waals surface area contributed by atoms with Gasteiger partial charge in [0.05, 0.1) is 22.8 Å². The molecule has 1 aliphatic rings. The molecule has 1 aliphatic heterocycles. The van der Waals surface area contributed by atoms with Crippen molar-refractivity contribution in [1.82, 2.24) is 19.8 Å². The number of hydrogen-bond acceptors (Lipinski definition) is 4. The van der Waals surface area contributed by atoms with Crippen molar-refractivity contribution in [2.45, 2.75) is 33.9 Å². The molecular weight excluding hydrogens is 320 g/mol. The lowest BCUT2D eigenvalue weighted by atomic mass is 10.2. The van der Waals surface area contributed by atoms with Gasteiger partial charge in [-0.25, -0.2) is 0 Å². The molecule has 4 nitrogen and oxygen atoms in total. The van der Waals surface area contributed by atoms with Crippen molar-refractivity contribution in [3.8, 4) is 0 Å². The molecule has 0 saturated carbocycles. The minimum Gasteiger partial charge on any atom is -0.297 e. The Morgan fingerprint density at radius 3 is 2.17 bits per heavy atom. The highest BCUT2D eigenvalue weighted by molar-refractivity contribution is 6.30. The lowest BCUT2D eigenvalue weighted by molar-refractivity contribution is 0.120. The van der Waals surface area contributed by atoms with Crippen LogP contribution in [0.1, 0.15) is 28.3 Å². The van der Waals surface area contributed by atoms with E-state index in [2.05, 4.69) is 33.8 Å². The standard InChI is InChI=1S/C19H25ClN4/c1-14-15(2)22-19(16(3)21-14)13-24-9-7-23(8-10-24)12-17-5-4-6-18(20)11-17/h4-6,11H,7-10,12-13H2,1-3H3. The number of aromatic nitrogens is 2. The highest BCUT2D eigenvalue weighted by atomic mass is 35.5. The summed E-state index contributed by atoms with van der Waals surface area (Å²) in [6.45, 7) is 12.3. The Kier molecular flexibility index (Phi) is 5.49. The minimum atomic E-state index is 0.815. The molecule has 24 heavy (non-hydrogen) atoms. The molecular formula is C19H25ClN4. The Balaban J connectivity index is 1.55. The summed E-state index contributed by atoms with van der Waals surface area (Å²) in [7, 11) is 0. The molecule has 0 atom stereocenters. The molecule has 1 fully saturated rings. The van der Waals surface area contributed by atoms with Crippen LogP contribution in [0.3, 0.4) is 0 Å². The quantitative estimate of drug-likeness (QED) is 0.851. The van der Waals surface area contributed by atoms with Crippen molar-refractivity contribution in [3.63, 3.8) is 0 Å². The molecule has 0 unspecified atom stereocenters. The number of halogens is 1. The zero-order valence-electron chi connectivity index (χ0n) is 14.7. The molecule has 0 spiro atoms. The number of hydrogen-bond donors (Lipinski definition) is 0. The first kappa shape index (κ1) is 17.3. The maximum absolute atomic E-state index is 6.08. The second kappa shape index (κ2) is 7.60. The molecule has 0 amide bonds. The number of nitrogens with zero attached hydrogens (tertiary/aromatic N) is 4. The van der Waals surface area contributed by atoms with E-state index in [1.165, 1.54) is 5.56 Å². The van der Waals surface area contributed by atoms with E-state index in [-0.39, 0.29) is 0 Å². The van der Waals surface area contributed by atoms with E-state index in [0.717, 1.165) is 67.1 Å². The molecule has 0 radical (unpaired) electrons. The molecule has 0 bridgehead atoms. The van der Waals surface area contributed by atoms with Crippen LogP contribution in [0.15, 0.2) is 24.3 Å². The summed E-state index contributed by atoms with van der Waals surface area (Å²) in [4.78, 5) is 14.3. The van der Waals surface area contributed by atoms with Crippen molar-refractivity contribution >= 4 is 11.6 Å². The van der Waals surface area contributed by atoms with E-state index in [1.807, 2.05) is 26.0 Å². The van der Waals surface area contributed by atoms with Crippen LogP contribution in [-0.2, 0) is 13.1 Å². The van der Waals surface area contributed by atoms with E-state index in [0.29, 0.717) is 0 Å². The third-order valence-corrected chi connectivity index (χ3v) is 4.95. The average Bonchev–Trinajstić information content (AvgIpc) is 2.54. The van der Waals surface area contributed by atoms with Crippen LogP contribution in [0.5, 0.6) is 0 Å². The number of rotatable bonds is 4. The van der Waals surface area contributed by atoms with E-state index in [4.69, 9.17) is 16.6 Å². The summed E-state index contributed by atoms with van der Waals surface area (Å²) >= 11 is 6.08. The molecule has 2 heterocycles. The highest BCUT2D eigenvalue weighted by Crippen LogP contribution is 2.15. The molecule has 128 valence electrons. The predicted octanol–water partition coefficient (Wildman–Crippen LogP) is 3.37. The zero-order chi connectivity index (χ0) is 17.1. The van der Waals surface area contributed by atoms with Crippen LogP contribution >= 0.6 is 11.6 Å². The highest BCUT2D eigenvalue weighted by Gasteiger charge is 2.18. The fourth-order valence-electron chi connectivity index (χ4n) is 3.12. The van der Waals surface area contributed by atoms with E-state index in [9.17, 15) is 0 Å². The topological polar surface area (TPSA) is 32.3 Å². The summed E-state index contributed by atoms with van der Waals surface area (Å²) in [6, 6.07) is 8.15. The summed E-state index contributed by atoms with van der Waals surface area (Å²) in [6.07, 6.45) is 0. The third kappa shape index (κ3) is 4.32. The predicted molar refractivity (Wildman–Crippen MR) is 98.2 cm³/mol. The summed E-state index contributed by atoms with van der Waals surface area (Å²) in [5, 5.41) is 0.815. The van der Waals surface area contributed by atoms with Crippen LogP contribution in [0.2, 0.25) is 5.02 Å². The third-order valence-electron chi connectivity index (χ3n) is 4.71. The molecule has 1 aromatic heterocycles. The molecule has 0 aliphatic carbocycles. The minimum absolute atomic E-state index is 0.815. The van der Waals surface area contributed by atoms with Gasteiger partial charge in [-0.3, -0.25) is 19.8 Å². The summed E-state index contributed by atoms with van der Waals surface area (Å²) in [5.74, 6) is 0. The normalized spacial score (nSPS) is 16.5. The Labute approximate surface area is 149 Å². The van der Waals surface area contributed by atoms with Gasteiger partial charge in [0.25, 0.3) is 0 Å².